The van der Waals surface area contributed by atoms with E-state index >= 15 is 0 Å². The van der Waals surface area contributed by atoms with Crippen LogP contribution in [0.25, 0.3) is 16.9 Å². The molecule has 0 aliphatic rings. The lowest BCUT2D eigenvalue weighted by Gasteiger charge is -2.09. The predicted octanol–water partition coefficient (Wildman–Crippen LogP) is 6.55. The fraction of sp³-hybridized carbons (Fsp3) is 0.0938. The third-order valence-corrected chi connectivity index (χ3v) is 7.91. The van der Waals surface area contributed by atoms with E-state index in [1.54, 1.807) is 4.68 Å². The van der Waals surface area contributed by atoms with Crippen molar-refractivity contribution in [3.8, 4) is 22.7 Å². The Bertz CT molecular complexity index is 1820. The van der Waals surface area contributed by atoms with Crippen LogP contribution in [-0.2, 0) is 10.0 Å². The Morgan fingerprint density at radius 3 is 2.33 bits per heavy atom. The molecule has 1 amide bonds. The van der Waals surface area contributed by atoms with Crippen LogP contribution in [0.4, 0.5) is 5.69 Å². The topological polar surface area (TPSA) is 115 Å². The highest BCUT2D eigenvalue weighted by Crippen LogP contribution is 2.25. The number of hydrogen-bond donors (Lipinski definition) is 2. The lowest BCUT2D eigenvalue weighted by atomic mass is 10.1. The van der Waals surface area contributed by atoms with Crippen molar-refractivity contribution in [1.29, 1.82) is 0 Å². The van der Waals surface area contributed by atoms with Crippen molar-refractivity contribution in [1.82, 2.24) is 15.2 Å². The number of rotatable bonds is 11. The van der Waals surface area contributed by atoms with E-state index in [-0.39, 0.29) is 4.90 Å². The van der Waals surface area contributed by atoms with E-state index in [1.165, 1.54) is 54.7 Å². The number of ether oxygens (including phenoxy) is 1. The molecule has 0 spiro atoms. The van der Waals surface area contributed by atoms with E-state index in [4.69, 9.17) is 21.4 Å². The molecule has 5 rings (SSSR count). The van der Waals surface area contributed by atoms with Crippen LogP contribution in [0.3, 0.4) is 0 Å². The minimum absolute atomic E-state index is 0.0729. The van der Waals surface area contributed by atoms with Crippen LogP contribution in [0.2, 0.25) is 5.02 Å². The maximum atomic E-state index is 12.8. The highest BCUT2D eigenvalue weighted by Gasteiger charge is 2.15. The summed E-state index contributed by atoms with van der Waals surface area (Å²) >= 11 is 5.85. The van der Waals surface area contributed by atoms with Crippen molar-refractivity contribution < 1.29 is 17.9 Å². The van der Waals surface area contributed by atoms with Gasteiger partial charge in [-0.2, -0.15) is 10.2 Å². The number of carbonyl (C=O) groups is 1. The lowest BCUT2D eigenvalue weighted by Crippen LogP contribution is -2.18. The molecule has 0 bridgehead atoms. The summed E-state index contributed by atoms with van der Waals surface area (Å²) in [5.41, 5.74) is 6.25. The molecule has 0 fully saturated rings. The molecule has 0 aliphatic heterocycles. The molecule has 2 N–H and O–H groups in total. The predicted molar refractivity (Wildman–Crippen MR) is 169 cm³/mol. The molecule has 9 nitrogen and oxygen atoms in total. The minimum Gasteiger partial charge on any atom is -0.494 e. The van der Waals surface area contributed by atoms with Crippen LogP contribution >= 0.6 is 11.6 Å². The molecular formula is C32H28ClN5O4S. The maximum absolute atomic E-state index is 12.8. The zero-order chi connectivity index (χ0) is 30.2. The third-order valence-electron chi connectivity index (χ3n) is 6.26. The highest BCUT2D eigenvalue weighted by atomic mass is 35.5. The first-order chi connectivity index (χ1) is 20.8. The number of amides is 1. The van der Waals surface area contributed by atoms with Crippen LogP contribution in [0, 0.1) is 0 Å². The number of halogens is 1. The Hall–Kier alpha value is -4.93. The molecule has 43 heavy (non-hydrogen) atoms. The summed E-state index contributed by atoms with van der Waals surface area (Å²) in [6.45, 7) is 2.69. The standard InChI is InChI=1S/C32H28ClN5O4S/c1-2-20-42-29-16-10-23(11-17-29)31-25(22-38(36-31)28-6-4-3-5-7-28)21-34-35-32(39)24-8-14-27(15-9-24)37-43(40,41)30-18-12-26(33)13-19-30/h3-19,21-22,37H,2,20H2,1H3,(H,35,39)/b34-21-. The van der Waals surface area contributed by atoms with Crippen LogP contribution in [-0.4, -0.2) is 36.9 Å². The molecule has 1 aromatic heterocycles. The van der Waals surface area contributed by atoms with Gasteiger partial charge >= 0.3 is 0 Å². The second-order valence-electron chi connectivity index (χ2n) is 9.42. The molecular weight excluding hydrogens is 586 g/mol. The SMILES string of the molecule is CCCOc1ccc(-c2nn(-c3ccccc3)cc2/C=N\NC(=O)c2ccc(NS(=O)(=O)c3ccc(Cl)cc3)cc2)cc1. The monoisotopic (exact) mass is 613 g/mol. The number of aromatic nitrogens is 2. The van der Waals surface area contributed by atoms with Gasteiger partial charge in [0.25, 0.3) is 15.9 Å². The van der Waals surface area contributed by atoms with Gasteiger partial charge in [0.05, 0.1) is 23.4 Å². The van der Waals surface area contributed by atoms with E-state index in [1.807, 2.05) is 60.8 Å². The number of nitrogens with zero attached hydrogens (tertiary/aromatic N) is 3. The molecule has 0 atom stereocenters. The van der Waals surface area contributed by atoms with Gasteiger partial charge < -0.3 is 4.74 Å². The summed E-state index contributed by atoms with van der Waals surface area (Å²) in [7, 11) is -3.81. The van der Waals surface area contributed by atoms with E-state index in [0.29, 0.717) is 34.1 Å². The van der Waals surface area contributed by atoms with Gasteiger partial charge in [-0.15, -0.1) is 0 Å². The smallest absolute Gasteiger partial charge is 0.271 e. The average molecular weight is 614 g/mol. The normalized spacial score (nSPS) is 11.4. The number of sulfonamides is 1. The third kappa shape index (κ3) is 7.48. The molecule has 218 valence electrons. The van der Waals surface area contributed by atoms with Crippen LogP contribution < -0.4 is 14.9 Å². The Kier molecular flexibility index (Phi) is 9.19. The van der Waals surface area contributed by atoms with Crippen LogP contribution in [0.1, 0.15) is 29.3 Å². The summed E-state index contributed by atoms with van der Waals surface area (Å²) in [6.07, 6.45) is 4.29. The Morgan fingerprint density at radius 2 is 1.65 bits per heavy atom. The average Bonchev–Trinajstić information content (AvgIpc) is 3.45. The van der Waals surface area contributed by atoms with Gasteiger partial charge in [-0.3, -0.25) is 9.52 Å². The summed E-state index contributed by atoms with van der Waals surface area (Å²) in [5.74, 6) is 0.317. The minimum atomic E-state index is -3.81. The van der Waals surface area contributed by atoms with E-state index < -0.39 is 15.9 Å². The number of para-hydroxylation sites is 1. The number of hydrogen-bond acceptors (Lipinski definition) is 6. The molecule has 0 aliphatic carbocycles. The van der Waals surface area contributed by atoms with Gasteiger partial charge in [0, 0.05) is 33.6 Å². The van der Waals surface area contributed by atoms with Crippen molar-refractivity contribution >= 4 is 39.4 Å². The van der Waals surface area contributed by atoms with Gasteiger partial charge in [0.2, 0.25) is 0 Å². The fourth-order valence-electron chi connectivity index (χ4n) is 4.09. The largest absolute Gasteiger partial charge is 0.494 e. The number of carbonyl (C=O) groups excluding carboxylic acids is 1. The Labute approximate surface area is 254 Å². The van der Waals surface area contributed by atoms with Gasteiger partial charge in [-0.1, -0.05) is 36.7 Å². The molecule has 5 aromatic rings. The summed E-state index contributed by atoms with van der Waals surface area (Å²) < 4.78 is 35.2. The van der Waals surface area contributed by atoms with Crippen molar-refractivity contribution in [3.63, 3.8) is 0 Å². The van der Waals surface area contributed by atoms with E-state index in [9.17, 15) is 13.2 Å². The van der Waals surface area contributed by atoms with Crippen molar-refractivity contribution in [3.05, 3.63) is 125 Å². The van der Waals surface area contributed by atoms with Crippen LogP contribution in [0.5, 0.6) is 5.75 Å². The molecule has 1 heterocycles. The Balaban J connectivity index is 1.30. The first-order valence-corrected chi connectivity index (χ1v) is 15.3. The van der Waals surface area contributed by atoms with Gasteiger partial charge in [0.1, 0.15) is 11.4 Å². The van der Waals surface area contributed by atoms with Gasteiger partial charge in [-0.05, 0) is 91.3 Å². The van der Waals surface area contributed by atoms with Crippen LogP contribution in [0.15, 0.2) is 119 Å². The molecule has 0 saturated carbocycles. The molecule has 0 saturated heterocycles. The number of anilines is 1. The first-order valence-electron chi connectivity index (χ1n) is 13.4. The van der Waals surface area contributed by atoms with E-state index in [0.717, 1.165) is 23.4 Å². The fourth-order valence-corrected chi connectivity index (χ4v) is 5.28. The number of hydrazone groups is 1. The molecule has 4 aromatic carbocycles. The molecule has 11 heteroatoms. The summed E-state index contributed by atoms with van der Waals surface area (Å²) in [6, 6.07) is 29.2. The maximum Gasteiger partial charge on any atom is 0.271 e. The van der Waals surface area contributed by atoms with E-state index in [2.05, 4.69) is 22.2 Å². The Morgan fingerprint density at radius 1 is 0.953 bits per heavy atom. The summed E-state index contributed by atoms with van der Waals surface area (Å²) in [5, 5.41) is 9.38. The lowest BCUT2D eigenvalue weighted by molar-refractivity contribution is 0.0955. The van der Waals surface area contributed by atoms with Gasteiger partial charge in [-0.25, -0.2) is 18.5 Å². The zero-order valence-corrected chi connectivity index (χ0v) is 24.7. The highest BCUT2D eigenvalue weighted by molar-refractivity contribution is 7.92. The zero-order valence-electron chi connectivity index (χ0n) is 23.1. The molecule has 0 radical (unpaired) electrons. The summed E-state index contributed by atoms with van der Waals surface area (Å²) in [4.78, 5) is 12.9. The van der Waals surface area contributed by atoms with Crippen molar-refractivity contribution in [2.45, 2.75) is 18.2 Å². The number of nitrogens with one attached hydrogen (secondary N) is 2. The number of benzene rings is 4. The molecule has 0 unspecified atom stereocenters. The van der Waals surface area contributed by atoms with Crippen molar-refractivity contribution in [2.24, 2.45) is 5.10 Å². The quantitative estimate of drug-likeness (QED) is 0.130. The van der Waals surface area contributed by atoms with Gasteiger partial charge in [0.15, 0.2) is 0 Å². The van der Waals surface area contributed by atoms with Crippen molar-refractivity contribution in [2.75, 3.05) is 11.3 Å². The second kappa shape index (κ2) is 13.4. The first kappa shape index (κ1) is 29.6. The second-order valence-corrected chi connectivity index (χ2v) is 11.5.